The minimum atomic E-state index is -0.715. The molecule has 0 saturated heterocycles. The van der Waals surface area contributed by atoms with Gasteiger partial charge in [0, 0.05) is 0 Å². The number of carbonyl (C=O) groups excluding carboxylic acids is 1. The van der Waals surface area contributed by atoms with E-state index in [9.17, 15) is 4.79 Å². The zero-order chi connectivity index (χ0) is 9.52. The van der Waals surface area contributed by atoms with Crippen molar-refractivity contribution < 1.29 is 9.63 Å². The highest BCUT2D eigenvalue weighted by Gasteiger charge is 1.92. The van der Waals surface area contributed by atoms with Gasteiger partial charge in [-0.25, -0.2) is 0 Å². The van der Waals surface area contributed by atoms with Crippen LogP contribution in [0.25, 0.3) is 0 Å². The van der Waals surface area contributed by atoms with Gasteiger partial charge in [-0.2, -0.15) is 0 Å². The lowest BCUT2D eigenvalue weighted by atomic mass is 10.2. The SMILES string of the molecule is O=C(Cl)NNOCc1ccccc1. The van der Waals surface area contributed by atoms with Crippen LogP contribution in [0.4, 0.5) is 4.79 Å². The van der Waals surface area contributed by atoms with Crippen molar-refractivity contribution in [2.75, 3.05) is 0 Å². The van der Waals surface area contributed by atoms with E-state index in [1.54, 1.807) is 0 Å². The predicted molar refractivity (Wildman–Crippen MR) is 48.8 cm³/mol. The van der Waals surface area contributed by atoms with Gasteiger partial charge in [0.1, 0.15) is 0 Å². The molecule has 0 aromatic heterocycles. The fraction of sp³-hybridized carbons (Fsp3) is 0.125. The quantitative estimate of drug-likeness (QED) is 0.336. The van der Waals surface area contributed by atoms with Gasteiger partial charge in [0.25, 0.3) is 0 Å². The maximum absolute atomic E-state index is 10.2. The highest BCUT2D eigenvalue weighted by molar-refractivity contribution is 6.62. The molecule has 0 radical (unpaired) electrons. The summed E-state index contributed by atoms with van der Waals surface area (Å²) >= 11 is 4.97. The Kier molecular flexibility index (Phi) is 4.25. The predicted octanol–water partition coefficient (Wildman–Crippen LogP) is 1.57. The number of hydrogen-bond donors (Lipinski definition) is 2. The topological polar surface area (TPSA) is 50.4 Å². The summed E-state index contributed by atoms with van der Waals surface area (Å²) in [5, 5.41) is -0.715. The second-order valence-corrected chi connectivity index (χ2v) is 2.62. The molecule has 0 aliphatic rings. The summed E-state index contributed by atoms with van der Waals surface area (Å²) in [4.78, 5) is 15.0. The minimum absolute atomic E-state index is 0.359. The molecule has 0 bridgehead atoms. The lowest BCUT2D eigenvalue weighted by Gasteiger charge is -2.04. The van der Waals surface area contributed by atoms with Crippen molar-refractivity contribution in [1.29, 1.82) is 0 Å². The van der Waals surface area contributed by atoms with Crippen LogP contribution >= 0.6 is 11.6 Å². The molecule has 0 heterocycles. The van der Waals surface area contributed by atoms with Gasteiger partial charge in [-0.3, -0.25) is 15.1 Å². The van der Waals surface area contributed by atoms with Crippen molar-refractivity contribution in [3.05, 3.63) is 35.9 Å². The first kappa shape index (κ1) is 9.98. The molecule has 1 amide bonds. The van der Waals surface area contributed by atoms with Crippen molar-refractivity contribution >= 4 is 17.0 Å². The highest BCUT2D eigenvalue weighted by Crippen LogP contribution is 1.98. The zero-order valence-electron chi connectivity index (χ0n) is 6.79. The Labute approximate surface area is 80.8 Å². The van der Waals surface area contributed by atoms with Gasteiger partial charge in [0.2, 0.25) is 0 Å². The van der Waals surface area contributed by atoms with Gasteiger partial charge >= 0.3 is 5.37 Å². The van der Waals surface area contributed by atoms with Crippen LogP contribution in [0, 0.1) is 0 Å². The van der Waals surface area contributed by atoms with Crippen LogP contribution in [0.1, 0.15) is 5.56 Å². The van der Waals surface area contributed by atoms with Gasteiger partial charge in [0.15, 0.2) is 0 Å². The molecule has 1 aromatic rings. The van der Waals surface area contributed by atoms with E-state index in [2.05, 4.69) is 11.0 Å². The zero-order valence-corrected chi connectivity index (χ0v) is 7.54. The van der Waals surface area contributed by atoms with E-state index >= 15 is 0 Å². The molecular weight excluding hydrogens is 192 g/mol. The van der Waals surface area contributed by atoms with E-state index in [-0.39, 0.29) is 0 Å². The first-order valence-corrected chi connectivity index (χ1v) is 4.03. The van der Waals surface area contributed by atoms with Crippen molar-refractivity contribution in [2.45, 2.75) is 6.61 Å². The molecular formula is C8H9ClN2O2. The molecule has 0 fully saturated rings. The minimum Gasteiger partial charge on any atom is -0.277 e. The summed E-state index contributed by atoms with van der Waals surface area (Å²) in [7, 11) is 0. The molecule has 0 atom stereocenters. The third-order valence-corrected chi connectivity index (χ3v) is 1.40. The summed E-state index contributed by atoms with van der Waals surface area (Å²) < 4.78 is 0. The Morgan fingerprint density at radius 2 is 2.08 bits per heavy atom. The van der Waals surface area contributed by atoms with Gasteiger partial charge in [0.05, 0.1) is 6.61 Å². The van der Waals surface area contributed by atoms with Crippen LogP contribution in [0.5, 0.6) is 0 Å². The molecule has 1 aromatic carbocycles. The average molecular weight is 201 g/mol. The largest absolute Gasteiger partial charge is 0.329 e. The monoisotopic (exact) mass is 200 g/mol. The summed E-state index contributed by atoms with van der Waals surface area (Å²) in [6.45, 7) is 0.359. The highest BCUT2D eigenvalue weighted by atomic mass is 35.5. The fourth-order valence-corrected chi connectivity index (χ4v) is 0.808. The molecule has 0 unspecified atom stereocenters. The van der Waals surface area contributed by atoms with Gasteiger partial charge < -0.3 is 0 Å². The Morgan fingerprint density at radius 3 is 2.69 bits per heavy atom. The van der Waals surface area contributed by atoms with Crippen LogP contribution in [0.3, 0.4) is 0 Å². The number of benzene rings is 1. The number of halogens is 1. The summed E-state index contributed by atoms with van der Waals surface area (Å²) in [5.41, 5.74) is 5.27. The van der Waals surface area contributed by atoms with Gasteiger partial charge in [-0.1, -0.05) is 30.3 Å². The Hall–Kier alpha value is -1.10. The van der Waals surface area contributed by atoms with Crippen molar-refractivity contribution in [3.63, 3.8) is 0 Å². The lowest BCUT2D eigenvalue weighted by Crippen LogP contribution is -2.33. The molecule has 0 spiro atoms. The number of hydrogen-bond acceptors (Lipinski definition) is 3. The van der Waals surface area contributed by atoms with Crippen LogP contribution in [0.15, 0.2) is 30.3 Å². The molecule has 0 aliphatic carbocycles. The van der Waals surface area contributed by atoms with E-state index in [0.29, 0.717) is 6.61 Å². The van der Waals surface area contributed by atoms with Gasteiger partial charge in [-0.15, -0.1) is 5.59 Å². The maximum Gasteiger partial charge on any atom is 0.329 e. The van der Waals surface area contributed by atoms with Crippen molar-refractivity contribution in [2.24, 2.45) is 0 Å². The fourth-order valence-electron chi connectivity index (χ4n) is 0.770. The smallest absolute Gasteiger partial charge is 0.277 e. The second kappa shape index (κ2) is 5.53. The molecule has 4 nitrogen and oxygen atoms in total. The first-order valence-electron chi connectivity index (χ1n) is 3.65. The van der Waals surface area contributed by atoms with Crippen molar-refractivity contribution in [1.82, 2.24) is 11.0 Å². The van der Waals surface area contributed by atoms with Crippen LogP contribution in [-0.4, -0.2) is 5.37 Å². The standard InChI is InChI=1S/C8H9ClN2O2/c9-8(12)10-11-13-6-7-4-2-1-3-5-7/h1-5,11H,6H2,(H,10,12). The number of carbonyl (C=O) groups is 1. The van der Waals surface area contributed by atoms with Crippen molar-refractivity contribution in [3.8, 4) is 0 Å². The van der Waals surface area contributed by atoms with Crippen LogP contribution in [0.2, 0.25) is 0 Å². The number of nitrogens with one attached hydrogen (secondary N) is 2. The molecule has 2 N–H and O–H groups in total. The molecule has 0 saturated carbocycles. The molecule has 70 valence electrons. The van der Waals surface area contributed by atoms with Crippen LogP contribution < -0.4 is 11.0 Å². The second-order valence-electron chi connectivity index (χ2n) is 2.28. The van der Waals surface area contributed by atoms with E-state index in [0.717, 1.165) is 5.56 Å². The van der Waals surface area contributed by atoms with Crippen LogP contribution in [-0.2, 0) is 11.4 Å². The third kappa shape index (κ3) is 4.47. The third-order valence-electron chi connectivity index (χ3n) is 1.30. The number of hydrazine groups is 1. The summed E-state index contributed by atoms with van der Waals surface area (Å²) in [6.07, 6.45) is 0. The Bertz CT molecular complexity index is 266. The Morgan fingerprint density at radius 1 is 1.38 bits per heavy atom. The maximum atomic E-state index is 10.2. The number of rotatable bonds is 4. The van der Waals surface area contributed by atoms with E-state index in [4.69, 9.17) is 16.4 Å². The molecule has 5 heteroatoms. The normalized spacial score (nSPS) is 9.62. The lowest BCUT2D eigenvalue weighted by molar-refractivity contribution is 0.00904. The first-order chi connectivity index (χ1) is 6.29. The molecule has 1 rings (SSSR count). The molecule has 0 aliphatic heterocycles. The van der Waals surface area contributed by atoms with E-state index < -0.39 is 5.37 Å². The molecule has 13 heavy (non-hydrogen) atoms. The van der Waals surface area contributed by atoms with E-state index in [1.807, 2.05) is 30.3 Å². The Balaban J connectivity index is 2.17. The van der Waals surface area contributed by atoms with E-state index in [1.165, 1.54) is 0 Å². The van der Waals surface area contributed by atoms with Gasteiger partial charge in [-0.05, 0) is 17.2 Å². The summed E-state index contributed by atoms with van der Waals surface area (Å²) in [6, 6.07) is 9.53. The summed E-state index contributed by atoms with van der Waals surface area (Å²) in [5.74, 6) is 0. The average Bonchev–Trinajstić information content (AvgIpc) is 2.14. The number of amides is 1.